The first-order chi connectivity index (χ1) is 9.19. The molecule has 6 heteroatoms. The van der Waals surface area contributed by atoms with E-state index in [9.17, 15) is 4.79 Å². The SMILES string of the molecule is COCCCCCNC(=O)c1cnc(C)cc1NN. The van der Waals surface area contributed by atoms with E-state index in [1.807, 2.05) is 6.92 Å². The Kier molecular flexibility index (Phi) is 6.84. The molecular formula is C13H22N4O2. The molecule has 1 amide bonds. The normalized spacial score (nSPS) is 10.3. The van der Waals surface area contributed by atoms with E-state index in [0.29, 0.717) is 17.8 Å². The van der Waals surface area contributed by atoms with Gasteiger partial charge in [0, 0.05) is 32.2 Å². The fourth-order valence-corrected chi connectivity index (χ4v) is 1.71. The first kappa shape index (κ1) is 15.4. The van der Waals surface area contributed by atoms with E-state index in [-0.39, 0.29) is 5.91 Å². The molecule has 0 saturated heterocycles. The molecule has 0 aliphatic carbocycles. The van der Waals surface area contributed by atoms with E-state index >= 15 is 0 Å². The smallest absolute Gasteiger partial charge is 0.255 e. The molecule has 0 fully saturated rings. The molecule has 6 nitrogen and oxygen atoms in total. The lowest BCUT2D eigenvalue weighted by Crippen LogP contribution is -2.26. The van der Waals surface area contributed by atoms with Crippen molar-refractivity contribution in [1.82, 2.24) is 10.3 Å². The van der Waals surface area contributed by atoms with Gasteiger partial charge < -0.3 is 15.5 Å². The summed E-state index contributed by atoms with van der Waals surface area (Å²) in [7, 11) is 1.69. The number of nitrogens with one attached hydrogen (secondary N) is 2. The zero-order valence-corrected chi connectivity index (χ0v) is 11.5. The topological polar surface area (TPSA) is 89.3 Å². The van der Waals surface area contributed by atoms with Crippen LogP contribution in [0.4, 0.5) is 5.69 Å². The van der Waals surface area contributed by atoms with Gasteiger partial charge in [-0.3, -0.25) is 15.6 Å². The molecule has 1 aromatic heterocycles. The number of anilines is 1. The number of nitrogens with two attached hydrogens (primary N) is 1. The van der Waals surface area contributed by atoms with Crippen LogP contribution in [0.15, 0.2) is 12.3 Å². The zero-order chi connectivity index (χ0) is 14.1. The summed E-state index contributed by atoms with van der Waals surface area (Å²) in [6.07, 6.45) is 4.50. The van der Waals surface area contributed by atoms with Crippen LogP contribution in [0.3, 0.4) is 0 Å². The van der Waals surface area contributed by atoms with Gasteiger partial charge in [0.1, 0.15) is 0 Å². The van der Waals surface area contributed by atoms with Crippen molar-refractivity contribution >= 4 is 11.6 Å². The predicted octanol–water partition coefficient (Wildman–Crippen LogP) is 1.22. The number of hydrogen-bond donors (Lipinski definition) is 3. The number of carbonyl (C=O) groups is 1. The first-order valence-electron chi connectivity index (χ1n) is 6.39. The van der Waals surface area contributed by atoms with Crippen LogP contribution in [-0.4, -0.2) is 31.2 Å². The predicted molar refractivity (Wildman–Crippen MR) is 74.8 cm³/mol. The van der Waals surface area contributed by atoms with Crippen molar-refractivity contribution < 1.29 is 9.53 Å². The van der Waals surface area contributed by atoms with Gasteiger partial charge in [0.05, 0.1) is 11.3 Å². The van der Waals surface area contributed by atoms with Gasteiger partial charge in [-0.1, -0.05) is 0 Å². The molecule has 0 atom stereocenters. The molecule has 0 aliphatic heterocycles. The number of carbonyl (C=O) groups excluding carboxylic acids is 1. The highest BCUT2D eigenvalue weighted by Gasteiger charge is 2.11. The number of aryl methyl sites for hydroxylation is 1. The molecule has 0 aromatic carbocycles. The number of unbranched alkanes of at least 4 members (excludes halogenated alkanes) is 2. The van der Waals surface area contributed by atoms with Gasteiger partial charge in [-0.05, 0) is 32.3 Å². The number of ether oxygens (including phenoxy) is 1. The number of nitrogen functional groups attached to an aromatic ring is 1. The highest BCUT2D eigenvalue weighted by molar-refractivity contribution is 5.99. The van der Waals surface area contributed by atoms with Crippen LogP contribution in [0, 0.1) is 6.92 Å². The Morgan fingerprint density at radius 1 is 1.42 bits per heavy atom. The fourth-order valence-electron chi connectivity index (χ4n) is 1.71. The Morgan fingerprint density at radius 2 is 2.21 bits per heavy atom. The summed E-state index contributed by atoms with van der Waals surface area (Å²) in [6, 6.07) is 1.74. The molecule has 0 radical (unpaired) electrons. The van der Waals surface area contributed by atoms with Crippen molar-refractivity contribution in [2.75, 3.05) is 25.7 Å². The van der Waals surface area contributed by atoms with Crippen molar-refractivity contribution in [2.45, 2.75) is 26.2 Å². The average Bonchev–Trinajstić information content (AvgIpc) is 2.42. The Morgan fingerprint density at radius 3 is 2.89 bits per heavy atom. The maximum Gasteiger partial charge on any atom is 0.255 e. The molecule has 1 aromatic rings. The first-order valence-corrected chi connectivity index (χ1v) is 6.39. The second kappa shape index (κ2) is 8.44. The highest BCUT2D eigenvalue weighted by atomic mass is 16.5. The van der Waals surface area contributed by atoms with Gasteiger partial charge in [0.2, 0.25) is 0 Å². The van der Waals surface area contributed by atoms with E-state index in [0.717, 1.165) is 31.6 Å². The molecule has 0 spiro atoms. The largest absolute Gasteiger partial charge is 0.385 e. The third-order valence-electron chi connectivity index (χ3n) is 2.75. The van der Waals surface area contributed by atoms with E-state index in [1.165, 1.54) is 6.20 Å². The lowest BCUT2D eigenvalue weighted by molar-refractivity contribution is 0.0953. The lowest BCUT2D eigenvalue weighted by Gasteiger charge is -2.10. The third-order valence-corrected chi connectivity index (χ3v) is 2.75. The standard InChI is InChI=1S/C13H22N4O2/c1-10-8-12(17-14)11(9-16-10)13(18)15-6-4-3-5-7-19-2/h8-9H,3-7,14H2,1-2H3,(H,15,18)(H,16,17). The molecule has 19 heavy (non-hydrogen) atoms. The lowest BCUT2D eigenvalue weighted by atomic mass is 10.2. The van der Waals surface area contributed by atoms with Crippen LogP contribution in [-0.2, 0) is 4.74 Å². The quantitative estimate of drug-likeness (QED) is 0.374. The van der Waals surface area contributed by atoms with Crippen LogP contribution < -0.4 is 16.6 Å². The number of hydrogen-bond acceptors (Lipinski definition) is 5. The highest BCUT2D eigenvalue weighted by Crippen LogP contribution is 2.14. The average molecular weight is 266 g/mol. The van der Waals surface area contributed by atoms with Gasteiger partial charge in [0.15, 0.2) is 0 Å². The Hall–Kier alpha value is -1.66. The number of methoxy groups -OCH3 is 1. The summed E-state index contributed by atoms with van der Waals surface area (Å²) in [5, 5.41) is 2.85. The van der Waals surface area contributed by atoms with Gasteiger partial charge in [-0.2, -0.15) is 0 Å². The summed E-state index contributed by atoms with van der Waals surface area (Å²) in [6.45, 7) is 3.25. The van der Waals surface area contributed by atoms with E-state index in [4.69, 9.17) is 10.6 Å². The minimum atomic E-state index is -0.160. The number of hydrazine groups is 1. The number of pyridine rings is 1. The van der Waals surface area contributed by atoms with Gasteiger partial charge >= 0.3 is 0 Å². The van der Waals surface area contributed by atoms with E-state index < -0.39 is 0 Å². The molecular weight excluding hydrogens is 244 g/mol. The molecule has 0 unspecified atom stereocenters. The minimum absolute atomic E-state index is 0.160. The molecule has 1 heterocycles. The summed E-state index contributed by atoms with van der Waals surface area (Å²) in [5.41, 5.74) is 4.38. The molecule has 106 valence electrons. The summed E-state index contributed by atoms with van der Waals surface area (Å²) in [4.78, 5) is 16.1. The Bertz CT molecular complexity index is 410. The Labute approximate surface area is 113 Å². The Balaban J connectivity index is 2.41. The van der Waals surface area contributed by atoms with Crippen molar-refractivity contribution in [1.29, 1.82) is 0 Å². The van der Waals surface area contributed by atoms with Crippen LogP contribution in [0.1, 0.15) is 35.3 Å². The zero-order valence-electron chi connectivity index (χ0n) is 11.5. The minimum Gasteiger partial charge on any atom is -0.385 e. The number of rotatable bonds is 8. The van der Waals surface area contributed by atoms with Crippen LogP contribution in [0.5, 0.6) is 0 Å². The van der Waals surface area contributed by atoms with Gasteiger partial charge in [0.25, 0.3) is 5.91 Å². The van der Waals surface area contributed by atoms with Crippen LogP contribution in [0.2, 0.25) is 0 Å². The van der Waals surface area contributed by atoms with Crippen LogP contribution >= 0.6 is 0 Å². The number of amides is 1. The van der Waals surface area contributed by atoms with E-state index in [1.54, 1.807) is 13.2 Å². The molecule has 0 aliphatic rings. The van der Waals surface area contributed by atoms with Crippen molar-refractivity contribution in [3.05, 3.63) is 23.5 Å². The molecule has 0 saturated carbocycles. The second-order valence-electron chi connectivity index (χ2n) is 4.32. The van der Waals surface area contributed by atoms with Crippen LogP contribution in [0.25, 0.3) is 0 Å². The number of nitrogens with zero attached hydrogens (tertiary/aromatic N) is 1. The molecule has 4 N–H and O–H groups in total. The maximum atomic E-state index is 12.0. The van der Waals surface area contributed by atoms with Crippen molar-refractivity contribution in [2.24, 2.45) is 5.84 Å². The van der Waals surface area contributed by atoms with Gasteiger partial charge in [-0.25, -0.2) is 0 Å². The maximum absolute atomic E-state index is 12.0. The van der Waals surface area contributed by atoms with Crippen molar-refractivity contribution in [3.63, 3.8) is 0 Å². The third kappa shape index (κ3) is 5.23. The fraction of sp³-hybridized carbons (Fsp3) is 0.538. The van der Waals surface area contributed by atoms with E-state index in [2.05, 4.69) is 15.7 Å². The van der Waals surface area contributed by atoms with Crippen molar-refractivity contribution in [3.8, 4) is 0 Å². The van der Waals surface area contributed by atoms with Gasteiger partial charge in [-0.15, -0.1) is 0 Å². The number of aromatic nitrogens is 1. The summed E-state index contributed by atoms with van der Waals surface area (Å²) in [5.74, 6) is 5.24. The summed E-state index contributed by atoms with van der Waals surface area (Å²) >= 11 is 0. The summed E-state index contributed by atoms with van der Waals surface area (Å²) < 4.78 is 4.96. The molecule has 0 bridgehead atoms. The molecule has 1 rings (SSSR count). The second-order valence-corrected chi connectivity index (χ2v) is 4.32. The monoisotopic (exact) mass is 266 g/mol.